The molecule has 0 radical (unpaired) electrons. The molecular formula is C14H19N5. The van der Waals surface area contributed by atoms with Crippen LogP contribution in [0.4, 0.5) is 11.5 Å². The van der Waals surface area contributed by atoms with Gasteiger partial charge in [-0.1, -0.05) is 0 Å². The lowest BCUT2D eigenvalue weighted by Gasteiger charge is -2.24. The van der Waals surface area contributed by atoms with Crippen molar-refractivity contribution in [2.75, 3.05) is 36.8 Å². The first-order chi connectivity index (χ1) is 9.28. The highest BCUT2D eigenvalue weighted by Gasteiger charge is 2.30. The Kier molecular flexibility index (Phi) is 3.26. The number of pyridine rings is 1. The van der Waals surface area contributed by atoms with Crippen molar-refractivity contribution in [1.29, 1.82) is 5.26 Å². The van der Waals surface area contributed by atoms with E-state index in [0.29, 0.717) is 17.3 Å². The molecule has 0 aromatic carbocycles. The van der Waals surface area contributed by atoms with Gasteiger partial charge in [0.2, 0.25) is 0 Å². The highest BCUT2D eigenvalue weighted by Crippen LogP contribution is 2.27. The zero-order valence-electron chi connectivity index (χ0n) is 11.0. The summed E-state index contributed by atoms with van der Waals surface area (Å²) in [5.74, 6) is 0.834. The molecule has 1 aromatic rings. The maximum Gasteiger partial charge on any atom is 0.151 e. The van der Waals surface area contributed by atoms with E-state index in [9.17, 15) is 0 Å². The highest BCUT2D eigenvalue weighted by molar-refractivity contribution is 5.65. The highest BCUT2D eigenvalue weighted by atomic mass is 15.3. The van der Waals surface area contributed by atoms with Crippen molar-refractivity contribution in [2.45, 2.75) is 25.3 Å². The second-order valence-electron chi connectivity index (χ2n) is 5.38. The molecule has 19 heavy (non-hydrogen) atoms. The van der Waals surface area contributed by atoms with E-state index < -0.39 is 0 Å². The molecule has 2 aliphatic rings. The molecule has 2 aliphatic heterocycles. The first-order valence-corrected chi connectivity index (χ1v) is 6.92. The normalized spacial score (nSPS) is 23.7. The molecule has 3 heterocycles. The molecule has 0 saturated carbocycles. The molecule has 1 unspecified atom stereocenters. The summed E-state index contributed by atoms with van der Waals surface area (Å²) in [7, 11) is 0. The van der Waals surface area contributed by atoms with Gasteiger partial charge in [-0.3, -0.25) is 4.90 Å². The number of hydrogen-bond donors (Lipinski definition) is 1. The number of nitrogens with zero attached hydrogens (tertiary/aromatic N) is 4. The van der Waals surface area contributed by atoms with Gasteiger partial charge in [-0.25, -0.2) is 4.98 Å². The molecule has 1 aromatic heterocycles. The zero-order valence-corrected chi connectivity index (χ0v) is 11.0. The van der Waals surface area contributed by atoms with E-state index in [4.69, 9.17) is 11.0 Å². The summed E-state index contributed by atoms with van der Waals surface area (Å²) >= 11 is 0. The number of aromatic nitrogens is 1. The molecule has 0 amide bonds. The maximum atomic E-state index is 8.84. The predicted octanol–water partition coefficient (Wildman–Crippen LogP) is 1.21. The summed E-state index contributed by atoms with van der Waals surface area (Å²) in [4.78, 5) is 9.18. The molecule has 0 aliphatic carbocycles. The molecule has 0 bridgehead atoms. The molecule has 100 valence electrons. The van der Waals surface area contributed by atoms with Gasteiger partial charge in [0.25, 0.3) is 0 Å². The van der Waals surface area contributed by atoms with Crippen molar-refractivity contribution in [3.8, 4) is 6.07 Å². The lowest BCUT2D eigenvalue weighted by atomic mass is 10.2. The summed E-state index contributed by atoms with van der Waals surface area (Å²) in [5, 5.41) is 8.84. The Hall–Kier alpha value is -1.80. The average Bonchev–Trinajstić information content (AvgIpc) is 3.09. The molecular weight excluding hydrogens is 238 g/mol. The van der Waals surface area contributed by atoms with Crippen LogP contribution in [0, 0.1) is 11.3 Å². The number of rotatable bonds is 2. The van der Waals surface area contributed by atoms with E-state index in [-0.39, 0.29) is 0 Å². The summed E-state index contributed by atoms with van der Waals surface area (Å²) in [5.41, 5.74) is 7.14. The third-order valence-corrected chi connectivity index (χ3v) is 4.14. The first kappa shape index (κ1) is 12.2. The minimum absolute atomic E-state index is 0.525. The van der Waals surface area contributed by atoms with Crippen LogP contribution in [-0.4, -0.2) is 42.1 Å². The Bertz CT molecular complexity index is 501. The van der Waals surface area contributed by atoms with Crippen LogP contribution in [0.2, 0.25) is 0 Å². The van der Waals surface area contributed by atoms with E-state index in [0.717, 1.165) is 18.9 Å². The molecule has 2 N–H and O–H groups in total. The van der Waals surface area contributed by atoms with Gasteiger partial charge < -0.3 is 10.6 Å². The fourth-order valence-electron chi connectivity index (χ4n) is 3.14. The van der Waals surface area contributed by atoms with E-state index in [1.165, 1.54) is 32.4 Å². The van der Waals surface area contributed by atoms with Gasteiger partial charge in [-0.05, 0) is 38.4 Å². The largest absolute Gasteiger partial charge is 0.396 e. The van der Waals surface area contributed by atoms with Gasteiger partial charge in [0.15, 0.2) is 5.82 Å². The van der Waals surface area contributed by atoms with Gasteiger partial charge in [0.1, 0.15) is 6.07 Å². The van der Waals surface area contributed by atoms with Crippen LogP contribution in [0.5, 0.6) is 0 Å². The van der Waals surface area contributed by atoms with Crippen molar-refractivity contribution >= 4 is 11.5 Å². The van der Waals surface area contributed by atoms with Gasteiger partial charge in [-0.15, -0.1) is 0 Å². The number of nitrogens with two attached hydrogens (primary N) is 1. The number of hydrogen-bond acceptors (Lipinski definition) is 5. The average molecular weight is 257 g/mol. The Morgan fingerprint density at radius 3 is 2.79 bits per heavy atom. The smallest absolute Gasteiger partial charge is 0.151 e. The lowest BCUT2D eigenvalue weighted by Crippen LogP contribution is -2.35. The van der Waals surface area contributed by atoms with Gasteiger partial charge in [0, 0.05) is 25.3 Å². The summed E-state index contributed by atoms with van der Waals surface area (Å²) in [6.45, 7) is 4.47. The Morgan fingerprint density at radius 1 is 1.32 bits per heavy atom. The van der Waals surface area contributed by atoms with Crippen LogP contribution < -0.4 is 10.6 Å². The molecule has 0 spiro atoms. The molecule has 2 saturated heterocycles. The topological polar surface area (TPSA) is 69.2 Å². The van der Waals surface area contributed by atoms with Crippen LogP contribution in [0.3, 0.4) is 0 Å². The van der Waals surface area contributed by atoms with Crippen molar-refractivity contribution < 1.29 is 0 Å². The number of anilines is 2. The Labute approximate surface area is 113 Å². The Balaban J connectivity index is 1.72. The minimum atomic E-state index is 0.525. The van der Waals surface area contributed by atoms with Gasteiger partial charge in [-0.2, -0.15) is 5.26 Å². The number of likely N-dealkylation sites (tertiary alicyclic amines) is 1. The number of nitriles is 1. The molecule has 1 atom stereocenters. The van der Waals surface area contributed by atoms with Crippen LogP contribution in [-0.2, 0) is 0 Å². The predicted molar refractivity (Wildman–Crippen MR) is 74.8 cm³/mol. The second kappa shape index (κ2) is 5.06. The summed E-state index contributed by atoms with van der Waals surface area (Å²) < 4.78 is 0. The first-order valence-electron chi connectivity index (χ1n) is 6.92. The van der Waals surface area contributed by atoms with Gasteiger partial charge in [0.05, 0.1) is 11.3 Å². The molecule has 5 heteroatoms. The van der Waals surface area contributed by atoms with Crippen LogP contribution in [0.1, 0.15) is 24.8 Å². The summed E-state index contributed by atoms with van der Waals surface area (Å²) in [6, 6.07) is 4.42. The monoisotopic (exact) mass is 257 g/mol. The molecule has 5 nitrogen and oxygen atoms in total. The lowest BCUT2D eigenvalue weighted by molar-refractivity contribution is 0.260. The van der Waals surface area contributed by atoms with E-state index in [1.807, 2.05) is 0 Å². The fourth-order valence-corrected chi connectivity index (χ4v) is 3.14. The van der Waals surface area contributed by atoms with Crippen LogP contribution >= 0.6 is 0 Å². The molecule has 2 fully saturated rings. The van der Waals surface area contributed by atoms with Crippen molar-refractivity contribution in [3.05, 3.63) is 17.8 Å². The third-order valence-electron chi connectivity index (χ3n) is 4.14. The zero-order chi connectivity index (χ0) is 13.2. The molecule has 3 rings (SSSR count). The fraction of sp³-hybridized carbons (Fsp3) is 0.571. The minimum Gasteiger partial charge on any atom is -0.396 e. The SMILES string of the molecule is N#Cc1cnc(N2CCC(N3CCCC3)C2)c(N)c1. The number of nitrogen functional groups attached to an aromatic ring is 1. The third kappa shape index (κ3) is 2.36. The Morgan fingerprint density at radius 2 is 2.11 bits per heavy atom. The van der Waals surface area contributed by atoms with E-state index >= 15 is 0 Å². The van der Waals surface area contributed by atoms with Crippen LogP contribution in [0.15, 0.2) is 12.3 Å². The van der Waals surface area contributed by atoms with Crippen molar-refractivity contribution in [3.63, 3.8) is 0 Å². The van der Waals surface area contributed by atoms with E-state index in [2.05, 4.69) is 20.9 Å². The van der Waals surface area contributed by atoms with Crippen molar-refractivity contribution in [1.82, 2.24) is 9.88 Å². The quantitative estimate of drug-likeness (QED) is 0.862. The van der Waals surface area contributed by atoms with Gasteiger partial charge >= 0.3 is 0 Å². The van der Waals surface area contributed by atoms with E-state index in [1.54, 1.807) is 12.3 Å². The summed E-state index contributed by atoms with van der Waals surface area (Å²) in [6.07, 6.45) is 5.44. The van der Waals surface area contributed by atoms with Crippen molar-refractivity contribution in [2.24, 2.45) is 0 Å². The van der Waals surface area contributed by atoms with Crippen LogP contribution in [0.25, 0.3) is 0 Å². The standard InChI is InChI=1S/C14H19N5/c15-8-11-7-13(16)14(17-9-11)19-6-3-12(10-19)18-4-1-2-5-18/h7,9,12H,1-6,10,16H2. The second-order valence-corrected chi connectivity index (χ2v) is 5.38. The maximum absolute atomic E-state index is 8.84.